The van der Waals surface area contributed by atoms with Gasteiger partial charge in [-0.15, -0.1) is 0 Å². The number of ether oxygens (including phenoxy) is 1. The van der Waals surface area contributed by atoms with E-state index in [2.05, 4.69) is 11.0 Å². The lowest BCUT2D eigenvalue weighted by Crippen LogP contribution is -2.36. The zero-order valence-electron chi connectivity index (χ0n) is 11.7. The summed E-state index contributed by atoms with van der Waals surface area (Å²) in [6, 6.07) is 6.08. The Morgan fingerprint density at radius 2 is 2.40 bits per heavy atom. The van der Waals surface area contributed by atoms with E-state index in [9.17, 15) is 5.11 Å². The van der Waals surface area contributed by atoms with Crippen LogP contribution in [-0.4, -0.2) is 36.4 Å². The smallest absolute Gasteiger partial charge is 0.186 e. The van der Waals surface area contributed by atoms with E-state index in [4.69, 9.17) is 9.72 Å². The van der Waals surface area contributed by atoms with Crippen molar-refractivity contribution >= 4 is 26.7 Å². The number of aromatic nitrogens is 1. The van der Waals surface area contributed by atoms with Gasteiger partial charge in [0.15, 0.2) is 5.13 Å². The third kappa shape index (κ3) is 2.60. The number of fused-ring (bicyclic) bond motifs is 1. The van der Waals surface area contributed by atoms with E-state index in [0.29, 0.717) is 12.5 Å². The van der Waals surface area contributed by atoms with E-state index < -0.39 is 0 Å². The van der Waals surface area contributed by atoms with Crippen molar-refractivity contribution in [3.05, 3.63) is 18.2 Å². The Morgan fingerprint density at radius 1 is 1.50 bits per heavy atom. The number of benzene rings is 1. The average Bonchev–Trinajstić information content (AvgIpc) is 2.93. The van der Waals surface area contributed by atoms with Crippen LogP contribution in [0.1, 0.15) is 19.8 Å². The van der Waals surface area contributed by atoms with E-state index in [1.54, 1.807) is 11.3 Å². The summed E-state index contributed by atoms with van der Waals surface area (Å²) in [5.41, 5.74) is 0.959. The van der Waals surface area contributed by atoms with Gasteiger partial charge in [-0.3, -0.25) is 0 Å². The maximum Gasteiger partial charge on any atom is 0.186 e. The zero-order chi connectivity index (χ0) is 13.9. The molecular weight excluding hydrogens is 272 g/mol. The van der Waals surface area contributed by atoms with E-state index in [0.717, 1.165) is 47.0 Å². The van der Waals surface area contributed by atoms with Crippen LogP contribution in [0, 0.1) is 5.92 Å². The molecule has 4 nitrogen and oxygen atoms in total. The first-order chi connectivity index (χ1) is 9.81. The molecule has 20 heavy (non-hydrogen) atoms. The SMILES string of the molecule is CCOc1cccc2sc(N3CCCC(CO)C3)nc12. The number of rotatable bonds is 4. The van der Waals surface area contributed by atoms with Crippen LogP contribution in [0.4, 0.5) is 5.13 Å². The normalized spacial score (nSPS) is 19.5. The van der Waals surface area contributed by atoms with Gasteiger partial charge < -0.3 is 14.7 Å². The van der Waals surface area contributed by atoms with Gasteiger partial charge in [-0.05, 0) is 37.8 Å². The number of piperidine rings is 1. The minimum atomic E-state index is 0.269. The number of hydrogen-bond donors (Lipinski definition) is 1. The second-order valence-corrected chi connectivity index (χ2v) is 6.18. The van der Waals surface area contributed by atoms with Crippen LogP contribution in [-0.2, 0) is 0 Å². The van der Waals surface area contributed by atoms with Crippen molar-refractivity contribution in [3.8, 4) is 5.75 Å². The number of nitrogens with zero attached hydrogens (tertiary/aromatic N) is 2. The lowest BCUT2D eigenvalue weighted by atomic mass is 10.00. The predicted molar refractivity (Wildman–Crippen MR) is 82.8 cm³/mol. The minimum Gasteiger partial charge on any atom is -0.492 e. The fourth-order valence-electron chi connectivity index (χ4n) is 2.71. The van der Waals surface area contributed by atoms with Crippen molar-refractivity contribution in [2.45, 2.75) is 19.8 Å². The van der Waals surface area contributed by atoms with Crippen molar-refractivity contribution in [1.29, 1.82) is 0 Å². The molecule has 0 amide bonds. The molecule has 1 aliphatic rings. The largest absolute Gasteiger partial charge is 0.492 e. The molecule has 108 valence electrons. The zero-order valence-corrected chi connectivity index (χ0v) is 12.5. The van der Waals surface area contributed by atoms with E-state index >= 15 is 0 Å². The van der Waals surface area contributed by atoms with Crippen molar-refractivity contribution in [2.75, 3.05) is 31.2 Å². The monoisotopic (exact) mass is 292 g/mol. The van der Waals surface area contributed by atoms with Gasteiger partial charge in [-0.1, -0.05) is 17.4 Å². The quantitative estimate of drug-likeness (QED) is 0.941. The second kappa shape index (κ2) is 5.97. The summed E-state index contributed by atoms with van der Waals surface area (Å²) in [5, 5.41) is 10.4. The lowest BCUT2D eigenvalue weighted by molar-refractivity contribution is 0.208. The molecule has 0 radical (unpaired) electrons. The van der Waals surface area contributed by atoms with Crippen LogP contribution in [0.15, 0.2) is 18.2 Å². The molecule has 1 saturated heterocycles. The highest BCUT2D eigenvalue weighted by Gasteiger charge is 2.22. The first-order valence-electron chi connectivity index (χ1n) is 7.20. The Hall–Kier alpha value is -1.33. The van der Waals surface area contributed by atoms with Crippen LogP contribution in [0.3, 0.4) is 0 Å². The van der Waals surface area contributed by atoms with Gasteiger partial charge in [0, 0.05) is 19.7 Å². The number of para-hydroxylation sites is 1. The molecule has 2 aromatic rings. The minimum absolute atomic E-state index is 0.269. The topological polar surface area (TPSA) is 45.6 Å². The van der Waals surface area contributed by atoms with Crippen LogP contribution in [0.2, 0.25) is 0 Å². The fourth-order valence-corrected chi connectivity index (χ4v) is 3.72. The molecule has 0 aliphatic carbocycles. The number of thiazole rings is 1. The second-order valence-electron chi connectivity index (χ2n) is 5.17. The van der Waals surface area contributed by atoms with Gasteiger partial charge in [0.25, 0.3) is 0 Å². The first kappa shape index (κ1) is 13.6. The van der Waals surface area contributed by atoms with Gasteiger partial charge in [-0.2, -0.15) is 0 Å². The average molecular weight is 292 g/mol. The molecule has 1 aliphatic heterocycles. The summed E-state index contributed by atoms with van der Waals surface area (Å²) in [4.78, 5) is 7.06. The molecule has 2 heterocycles. The van der Waals surface area contributed by atoms with E-state index in [1.165, 1.54) is 0 Å². The molecule has 0 bridgehead atoms. The molecule has 1 aromatic carbocycles. The summed E-state index contributed by atoms with van der Waals surface area (Å²) >= 11 is 1.71. The number of hydrogen-bond acceptors (Lipinski definition) is 5. The molecule has 1 aromatic heterocycles. The summed E-state index contributed by atoms with van der Waals surface area (Å²) < 4.78 is 6.81. The van der Waals surface area contributed by atoms with E-state index in [1.807, 2.05) is 19.1 Å². The van der Waals surface area contributed by atoms with Gasteiger partial charge in [0.1, 0.15) is 11.3 Å². The van der Waals surface area contributed by atoms with Gasteiger partial charge >= 0.3 is 0 Å². The Morgan fingerprint density at radius 3 is 3.20 bits per heavy atom. The van der Waals surface area contributed by atoms with Crippen molar-refractivity contribution in [1.82, 2.24) is 4.98 Å². The molecule has 5 heteroatoms. The molecule has 1 atom stereocenters. The standard InChI is InChI=1S/C15H20N2O2S/c1-2-19-12-6-3-7-13-14(12)16-15(20-13)17-8-4-5-11(9-17)10-18/h3,6-7,11,18H,2,4-5,8-10H2,1H3. The van der Waals surface area contributed by atoms with Crippen molar-refractivity contribution < 1.29 is 9.84 Å². The third-order valence-electron chi connectivity index (χ3n) is 3.72. The van der Waals surface area contributed by atoms with Crippen molar-refractivity contribution in [2.24, 2.45) is 5.92 Å². The molecular formula is C15H20N2O2S. The highest BCUT2D eigenvalue weighted by Crippen LogP contribution is 2.35. The highest BCUT2D eigenvalue weighted by molar-refractivity contribution is 7.22. The van der Waals surface area contributed by atoms with E-state index in [-0.39, 0.29) is 6.61 Å². The van der Waals surface area contributed by atoms with Crippen LogP contribution >= 0.6 is 11.3 Å². The summed E-state index contributed by atoms with van der Waals surface area (Å²) in [6.45, 7) is 4.84. The lowest BCUT2D eigenvalue weighted by Gasteiger charge is -2.31. The summed E-state index contributed by atoms with van der Waals surface area (Å²) in [6.07, 6.45) is 2.24. The van der Waals surface area contributed by atoms with Crippen LogP contribution in [0.25, 0.3) is 10.2 Å². The summed E-state index contributed by atoms with van der Waals surface area (Å²) in [7, 11) is 0. The van der Waals surface area contributed by atoms with Gasteiger partial charge in [-0.25, -0.2) is 4.98 Å². The summed E-state index contributed by atoms with van der Waals surface area (Å²) in [5.74, 6) is 1.24. The van der Waals surface area contributed by atoms with Gasteiger partial charge in [0.2, 0.25) is 0 Å². The number of aliphatic hydroxyl groups excluding tert-OH is 1. The van der Waals surface area contributed by atoms with Crippen molar-refractivity contribution in [3.63, 3.8) is 0 Å². The molecule has 1 N–H and O–H groups in total. The molecule has 1 unspecified atom stereocenters. The van der Waals surface area contributed by atoms with Gasteiger partial charge in [0.05, 0.1) is 11.3 Å². The number of anilines is 1. The number of aliphatic hydroxyl groups is 1. The fraction of sp³-hybridized carbons (Fsp3) is 0.533. The third-order valence-corrected chi connectivity index (χ3v) is 4.80. The Bertz CT molecular complexity index is 584. The molecule has 0 spiro atoms. The molecule has 1 fully saturated rings. The maximum atomic E-state index is 9.35. The molecule has 0 saturated carbocycles. The maximum absolute atomic E-state index is 9.35. The van der Waals surface area contributed by atoms with Crippen LogP contribution in [0.5, 0.6) is 5.75 Å². The van der Waals surface area contributed by atoms with Crippen LogP contribution < -0.4 is 9.64 Å². The first-order valence-corrected chi connectivity index (χ1v) is 8.01. The highest BCUT2D eigenvalue weighted by atomic mass is 32.1. The Kier molecular flexibility index (Phi) is 4.08. The molecule has 3 rings (SSSR count). The predicted octanol–water partition coefficient (Wildman–Crippen LogP) is 2.90. The Labute approximate surface area is 123 Å². The Balaban J connectivity index is 1.90.